The predicted molar refractivity (Wildman–Crippen MR) is 79.7 cm³/mol. The molecule has 0 aromatic heterocycles. The van der Waals surface area contributed by atoms with E-state index < -0.39 is 0 Å². The van der Waals surface area contributed by atoms with Crippen molar-refractivity contribution in [1.82, 2.24) is 4.90 Å². The van der Waals surface area contributed by atoms with Gasteiger partial charge >= 0.3 is 0 Å². The Kier molecular flexibility index (Phi) is 6.03. The topological polar surface area (TPSA) is 46.3 Å². The number of nitrogens with zero attached hydrogens (tertiary/aromatic N) is 1. The third kappa shape index (κ3) is 5.03. The second-order valence-electron chi connectivity index (χ2n) is 5.53. The lowest BCUT2D eigenvalue weighted by molar-refractivity contribution is -0.131. The van der Waals surface area contributed by atoms with E-state index in [9.17, 15) is 4.79 Å². The molecule has 0 bridgehead atoms. The fraction of sp³-hybridized carbons (Fsp3) is 0.562. The molecule has 0 saturated heterocycles. The highest BCUT2D eigenvalue weighted by atomic mass is 16.2. The summed E-state index contributed by atoms with van der Waals surface area (Å²) in [7, 11) is 1.84. The van der Waals surface area contributed by atoms with Gasteiger partial charge in [0, 0.05) is 26.1 Å². The first kappa shape index (κ1) is 15.7. The number of carbonyl (C=O) groups excluding carboxylic acids is 1. The molecule has 0 aliphatic rings. The fourth-order valence-electron chi connectivity index (χ4n) is 1.84. The van der Waals surface area contributed by atoms with Crippen molar-refractivity contribution in [2.75, 3.05) is 7.05 Å². The summed E-state index contributed by atoms with van der Waals surface area (Å²) >= 11 is 0. The summed E-state index contributed by atoms with van der Waals surface area (Å²) in [6.45, 7) is 6.87. The molecular weight excluding hydrogens is 236 g/mol. The molecule has 0 aliphatic carbocycles. The van der Waals surface area contributed by atoms with Gasteiger partial charge in [0.1, 0.15) is 0 Å². The van der Waals surface area contributed by atoms with Crippen LogP contribution in [0.5, 0.6) is 0 Å². The van der Waals surface area contributed by atoms with Gasteiger partial charge in [0.05, 0.1) is 0 Å². The van der Waals surface area contributed by atoms with E-state index in [2.05, 4.69) is 31.2 Å². The summed E-state index contributed by atoms with van der Waals surface area (Å²) in [5.74, 6) is 0.446. The van der Waals surface area contributed by atoms with Gasteiger partial charge in [0.15, 0.2) is 0 Å². The van der Waals surface area contributed by atoms with E-state index in [0.717, 1.165) is 12.0 Å². The van der Waals surface area contributed by atoms with Crippen molar-refractivity contribution in [3.8, 4) is 0 Å². The van der Waals surface area contributed by atoms with Gasteiger partial charge in [-0.05, 0) is 23.5 Å². The van der Waals surface area contributed by atoms with Crippen molar-refractivity contribution in [1.29, 1.82) is 0 Å². The van der Waals surface area contributed by atoms with Crippen LogP contribution in [0, 0.1) is 5.92 Å². The maximum Gasteiger partial charge on any atom is 0.224 e. The van der Waals surface area contributed by atoms with Gasteiger partial charge in [-0.3, -0.25) is 4.79 Å². The number of hydrogen-bond acceptors (Lipinski definition) is 2. The van der Waals surface area contributed by atoms with Crippen LogP contribution >= 0.6 is 0 Å². The van der Waals surface area contributed by atoms with Crippen LogP contribution in [0.3, 0.4) is 0 Å². The predicted octanol–water partition coefficient (Wildman–Crippen LogP) is 2.58. The molecule has 106 valence electrons. The van der Waals surface area contributed by atoms with Crippen molar-refractivity contribution in [2.24, 2.45) is 11.7 Å². The first-order chi connectivity index (χ1) is 8.93. The first-order valence-electron chi connectivity index (χ1n) is 7.01. The molecule has 0 heterocycles. The third-order valence-corrected chi connectivity index (χ3v) is 3.54. The molecule has 1 amide bonds. The van der Waals surface area contributed by atoms with Crippen molar-refractivity contribution in [3.05, 3.63) is 35.4 Å². The van der Waals surface area contributed by atoms with Crippen molar-refractivity contribution >= 4 is 5.91 Å². The van der Waals surface area contributed by atoms with Gasteiger partial charge in [-0.15, -0.1) is 0 Å². The summed E-state index contributed by atoms with van der Waals surface area (Å²) in [6.07, 6.45) is 1.46. The van der Waals surface area contributed by atoms with Gasteiger partial charge in [0.25, 0.3) is 0 Å². The molecule has 19 heavy (non-hydrogen) atoms. The standard InChI is InChI=1S/C16H26N2O/c1-5-13-6-8-14(9-7-13)11-18(4)16(19)10-15(17)12(2)3/h6-9,12,15H,5,10-11,17H2,1-4H3. The molecule has 3 heteroatoms. The molecule has 1 atom stereocenters. The van der Waals surface area contributed by atoms with Gasteiger partial charge in [0.2, 0.25) is 5.91 Å². The Hall–Kier alpha value is -1.35. The second kappa shape index (κ2) is 7.29. The SMILES string of the molecule is CCc1ccc(CN(C)C(=O)CC(N)C(C)C)cc1. The highest BCUT2D eigenvalue weighted by molar-refractivity contribution is 5.76. The van der Waals surface area contributed by atoms with Crippen LogP contribution in [-0.2, 0) is 17.8 Å². The Balaban J connectivity index is 2.53. The van der Waals surface area contributed by atoms with Crippen LogP contribution in [0.25, 0.3) is 0 Å². The Bertz CT molecular complexity index is 398. The number of hydrogen-bond donors (Lipinski definition) is 1. The minimum absolute atomic E-state index is 0.0579. The van der Waals surface area contributed by atoms with E-state index in [1.165, 1.54) is 5.56 Å². The van der Waals surface area contributed by atoms with Crippen LogP contribution < -0.4 is 5.73 Å². The van der Waals surface area contributed by atoms with Gasteiger partial charge in [-0.1, -0.05) is 45.0 Å². The molecule has 1 rings (SSSR count). The molecule has 0 saturated carbocycles. The Morgan fingerprint density at radius 2 is 1.74 bits per heavy atom. The lowest BCUT2D eigenvalue weighted by Crippen LogP contribution is -2.35. The molecule has 1 unspecified atom stereocenters. The lowest BCUT2D eigenvalue weighted by Gasteiger charge is -2.21. The summed E-state index contributed by atoms with van der Waals surface area (Å²) in [5.41, 5.74) is 8.42. The lowest BCUT2D eigenvalue weighted by atomic mass is 10.0. The molecule has 0 radical (unpaired) electrons. The monoisotopic (exact) mass is 262 g/mol. The van der Waals surface area contributed by atoms with Crippen molar-refractivity contribution in [3.63, 3.8) is 0 Å². The highest BCUT2D eigenvalue weighted by Crippen LogP contribution is 2.10. The zero-order chi connectivity index (χ0) is 14.4. The van der Waals surface area contributed by atoms with Gasteiger partial charge in [-0.25, -0.2) is 0 Å². The van der Waals surface area contributed by atoms with E-state index in [1.807, 2.05) is 20.9 Å². The average Bonchev–Trinajstić information content (AvgIpc) is 2.39. The summed E-state index contributed by atoms with van der Waals surface area (Å²) in [4.78, 5) is 13.8. The van der Waals surface area contributed by atoms with Gasteiger partial charge < -0.3 is 10.6 Å². The smallest absolute Gasteiger partial charge is 0.224 e. The van der Waals surface area contributed by atoms with E-state index in [0.29, 0.717) is 18.9 Å². The fourth-order valence-corrected chi connectivity index (χ4v) is 1.84. The van der Waals surface area contributed by atoms with E-state index in [-0.39, 0.29) is 11.9 Å². The molecule has 1 aromatic rings. The van der Waals surface area contributed by atoms with E-state index in [1.54, 1.807) is 4.90 Å². The highest BCUT2D eigenvalue weighted by Gasteiger charge is 2.16. The second-order valence-corrected chi connectivity index (χ2v) is 5.53. The Morgan fingerprint density at radius 3 is 2.21 bits per heavy atom. The van der Waals surface area contributed by atoms with Crippen LogP contribution in [0.2, 0.25) is 0 Å². The maximum atomic E-state index is 12.0. The number of rotatable bonds is 6. The molecule has 2 N–H and O–H groups in total. The zero-order valence-electron chi connectivity index (χ0n) is 12.5. The normalized spacial score (nSPS) is 12.5. The minimum Gasteiger partial charge on any atom is -0.341 e. The molecule has 1 aromatic carbocycles. The third-order valence-electron chi connectivity index (χ3n) is 3.54. The molecular formula is C16H26N2O. The maximum absolute atomic E-state index is 12.0. The summed E-state index contributed by atoms with van der Waals surface area (Å²) < 4.78 is 0. The van der Waals surface area contributed by atoms with E-state index in [4.69, 9.17) is 5.73 Å². The number of benzene rings is 1. The summed E-state index contributed by atoms with van der Waals surface area (Å²) in [6, 6.07) is 8.36. The molecule has 3 nitrogen and oxygen atoms in total. The summed E-state index contributed by atoms with van der Waals surface area (Å²) in [5, 5.41) is 0. The largest absolute Gasteiger partial charge is 0.341 e. The average molecular weight is 262 g/mol. The van der Waals surface area contributed by atoms with Gasteiger partial charge in [-0.2, -0.15) is 0 Å². The van der Waals surface area contributed by atoms with Crippen LogP contribution in [0.15, 0.2) is 24.3 Å². The van der Waals surface area contributed by atoms with Crippen LogP contribution in [0.4, 0.5) is 0 Å². The number of aryl methyl sites for hydroxylation is 1. The number of carbonyl (C=O) groups is 1. The zero-order valence-corrected chi connectivity index (χ0v) is 12.5. The molecule has 0 fully saturated rings. The first-order valence-corrected chi connectivity index (χ1v) is 7.01. The number of amides is 1. The van der Waals surface area contributed by atoms with E-state index >= 15 is 0 Å². The Morgan fingerprint density at radius 1 is 1.21 bits per heavy atom. The van der Waals surface area contributed by atoms with Crippen LogP contribution in [-0.4, -0.2) is 23.9 Å². The quantitative estimate of drug-likeness (QED) is 0.856. The molecule has 0 aliphatic heterocycles. The minimum atomic E-state index is -0.0579. The number of nitrogens with two attached hydrogens (primary N) is 1. The van der Waals surface area contributed by atoms with Crippen molar-refractivity contribution in [2.45, 2.75) is 46.2 Å². The van der Waals surface area contributed by atoms with Crippen LogP contribution in [0.1, 0.15) is 38.3 Å². The van der Waals surface area contributed by atoms with Crippen molar-refractivity contribution < 1.29 is 4.79 Å². The Labute approximate surface area is 116 Å². The molecule has 0 spiro atoms.